The van der Waals surface area contributed by atoms with Gasteiger partial charge in [-0.25, -0.2) is 0 Å². The van der Waals surface area contributed by atoms with E-state index in [2.05, 4.69) is 26.0 Å². The Hall–Kier alpha value is -1.61. The van der Waals surface area contributed by atoms with Gasteiger partial charge in [-0.2, -0.15) is 8.42 Å². The average Bonchev–Trinajstić information content (AvgIpc) is 3.16. The molecule has 1 rings (SSSR count). The summed E-state index contributed by atoms with van der Waals surface area (Å²) in [7, 11) is -4.60. The van der Waals surface area contributed by atoms with E-state index < -0.39 is 71.2 Å². The largest absolute Gasteiger partial charge is 0.462 e. The fraction of sp³-hybridized carbons (Fsp3) is 0.907. The summed E-state index contributed by atoms with van der Waals surface area (Å²) in [6, 6.07) is 0. The standard InChI is InChI=1S/C43H80O12S/c1-3-5-7-9-11-13-15-17-18-19-20-22-24-26-28-30-32-39(45)54-36(34-53-43-42(48)41(47)40(46)37(55-43)35-56(49,50)51)33-52-38(44)31-29-27-25-23-21-16-14-12-10-8-6-4-2/h12,14,36-37,40-43,46-48H,3-11,13,15-35H2,1-2H3,(H,49,50,51)/b14-12+/t36-,37-,40-,41?,42?,43+/m1/s1. The molecule has 1 aliphatic heterocycles. The van der Waals surface area contributed by atoms with Gasteiger partial charge >= 0.3 is 11.9 Å². The van der Waals surface area contributed by atoms with Crippen LogP contribution in [0.4, 0.5) is 0 Å². The van der Waals surface area contributed by atoms with E-state index >= 15 is 0 Å². The van der Waals surface area contributed by atoms with Crippen LogP contribution in [-0.2, 0) is 38.7 Å². The predicted molar refractivity (Wildman–Crippen MR) is 220 cm³/mol. The zero-order valence-electron chi connectivity index (χ0n) is 35.0. The number of aliphatic hydroxyl groups excluding tert-OH is 3. The molecule has 13 heteroatoms. The molecular formula is C43H80O12S. The molecule has 2 unspecified atom stereocenters. The van der Waals surface area contributed by atoms with Crippen molar-refractivity contribution in [2.75, 3.05) is 19.0 Å². The Labute approximate surface area is 339 Å². The molecule has 6 atom stereocenters. The van der Waals surface area contributed by atoms with E-state index in [1.165, 1.54) is 96.3 Å². The zero-order chi connectivity index (χ0) is 41.3. The third-order valence-electron chi connectivity index (χ3n) is 10.3. The minimum absolute atomic E-state index is 0.168. The minimum Gasteiger partial charge on any atom is -0.462 e. The summed E-state index contributed by atoms with van der Waals surface area (Å²) >= 11 is 0. The Balaban J connectivity index is 2.45. The van der Waals surface area contributed by atoms with Crippen molar-refractivity contribution in [3.63, 3.8) is 0 Å². The quantitative estimate of drug-likeness (QED) is 0.0203. The summed E-state index contributed by atoms with van der Waals surface area (Å²) in [5, 5.41) is 30.8. The van der Waals surface area contributed by atoms with Gasteiger partial charge in [0.15, 0.2) is 12.4 Å². The topological polar surface area (TPSA) is 186 Å². The number of ether oxygens (including phenoxy) is 4. The summed E-state index contributed by atoms with van der Waals surface area (Å²) in [5.74, 6) is -1.98. The van der Waals surface area contributed by atoms with Crippen LogP contribution in [0.5, 0.6) is 0 Å². The number of hydrogen-bond donors (Lipinski definition) is 4. The highest BCUT2D eigenvalue weighted by atomic mass is 32.2. The van der Waals surface area contributed by atoms with Gasteiger partial charge in [-0.05, 0) is 38.5 Å². The first kappa shape index (κ1) is 52.4. The lowest BCUT2D eigenvalue weighted by Gasteiger charge is -2.40. The Kier molecular flexibility index (Phi) is 32.1. The number of aliphatic hydroxyl groups is 3. The van der Waals surface area contributed by atoms with Crippen LogP contribution in [0.15, 0.2) is 12.2 Å². The Morgan fingerprint density at radius 3 is 1.52 bits per heavy atom. The van der Waals surface area contributed by atoms with Crippen LogP contribution in [-0.4, -0.2) is 96.0 Å². The third-order valence-corrected chi connectivity index (χ3v) is 11.1. The first-order valence-electron chi connectivity index (χ1n) is 22.2. The van der Waals surface area contributed by atoms with Gasteiger partial charge in [0.05, 0.1) is 6.61 Å². The van der Waals surface area contributed by atoms with Crippen LogP contribution >= 0.6 is 0 Å². The third kappa shape index (κ3) is 28.7. The number of unbranched alkanes of at least 4 members (excludes halogenated alkanes) is 23. The van der Waals surface area contributed by atoms with Gasteiger partial charge < -0.3 is 34.3 Å². The van der Waals surface area contributed by atoms with Gasteiger partial charge in [-0.1, -0.05) is 154 Å². The zero-order valence-corrected chi connectivity index (χ0v) is 35.8. The van der Waals surface area contributed by atoms with Crippen molar-refractivity contribution in [3.8, 4) is 0 Å². The molecule has 0 bridgehead atoms. The molecule has 0 aliphatic carbocycles. The van der Waals surface area contributed by atoms with Crippen LogP contribution in [0.3, 0.4) is 0 Å². The lowest BCUT2D eigenvalue weighted by Crippen LogP contribution is -2.60. The van der Waals surface area contributed by atoms with Crippen LogP contribution < -0.4 is 0 Å². The van der Waals surface area contributed by atoms with Crippen molar-refractivity contribution < 1.29 is 56.8 Å². The van der Waals surface area contributed by atoms with Crippen molar-refractivity contribution in [1.82, 2.24) is 0 Å². The van der Waals surface area contributed by atoms with Gasteiger partial charge in [0, 0.05) is 12.8 Å². The van der Waals surface area contributed by atoms with E-state index in [9.17, 15) is 37.9 Å². The van der Waals surface area contributed by atoms with E-state index in [0.717, 1.165) is 57.8 Å². The molecule has 0 aromatic heterocycles. The predicted octanol–water partition coefficient (Wildman–Crippen LogP) is 8.67. The fourth-order valence-corrected chi connectivity index (χ4v) is 7.54. The van der Waals surface area contributed by atoms with E-state index in [-0.39, 0.29) is 19.4 Å². The van der Waals surface area contributed by atoms with Gasteiger partial charge in [-0.3, -0.25) is 14.1 Å². The highest BCUT2D eigenvalue weighted by Crippen LogP contribution is 2.24. The fourth-order valence-electron chi connectivity index (χ4n) is 6.85. The molecule has 1 saturated heterocycles. The van der Waals surface area contributed by atoms with Crippen molar-refractivity contribution in [1.29, 1.82) is 0 Å². The first-order chi connectivity index (χ1) is 27.0. The van der Waals surface area contributed by atoms with Gasteiger partial charge in [0.25, 0.3) is 10.1 Å². The molecule has 0 spiro atoms. The second-order valence-corrected chi connectivity index (χ2v) is 17.2. The summed E-state index contributed by atoms with van der Waals surface area (Å²) < 4.78 is 54.0. The van der Waals surface area contributed by atoms with Crippen molar-refractivity contribution in [2.45, 2.75) is 230 Å². The van der Waals surface area contributed by atoms with Crippen molar-refractivity contribution >= 4 is 22.1 Å². The molecule has 1 heterocycles. The molecule has 4 N–H and O–H groups in total. The average molecular weight is 821 g/mol. The maximum Gasteiger partial charge on any atom is 0.306 e. The Bertz CT molecular complexity index is 1100. The number of hydrogen-bond acceptors (Lipinski definition) is 11. The molecule has 330 valence electrons. The smallest absolute Gasteiger partial charge is 0.306 e. The van der Waals surface area contributed by atoms with Crippen molar-refractivity contribution in [3.05, 3.63) is 12.2 Å². The number of esters is 2. The van der Waals surface area contributed by atoms with Crippen LogP contribution in [0.2, 0.25) is 0 Å². The molecule has 1 aliphatic rings. The number of carbonyl (C=O) groups is 2. The molecule has 0 saturated carbocycles. The molecule has 0 radical (unpaired) electrons. The normalized spacial score (nSPS) is 20.7. The van der Waals surface area contributed by atoms with E-state index in [1.807, 2.05) is 0 Å². The Morgan fingerprint density at radius 1 is 0.589 bits per heavy atom. The van der Waals surface area contributed by atoms with E-state index in [1.54, 1.807) is 0 Å². The molecule has 0 aromatic carbocycles. The molecule has 1 fully saturated rings. The molecule has 0 amide bonds. The maximum atomic E-state index is 12.8. The molecule has 0 aromatic rings. The number of carbonyl (C=O) groups excluding carboxylic acids is 2. The first-order valence-corrected chi connectivity index (χ1v) is 23.9. The second-order valence-electron chi connectivity index (χ2n) is 15.7. The van der Waals surface area contributed by atoms with Crippen LogP contribution in [0.25, 0.3) is 0 Å². The minimum atomic E-state index is -4.60. The van der Waals surface area contributed by atoms with Gasteiger partial charge in [-0.15, -0.1) is 0 Å². The van der Waals surface area contributed by atoms with Gasteiger partial charge in [0.1, 0.15) is 36.8 Å². The molecule has 12 nitrogen and oxygen atoms in total. The van der Waals surface area contributed by atoms with Crippen LogP contribution in [0.1, 0.15) is 194 Å². The van der Waals surface area contributed by atoms with Gasteiger partial charge in [0.2, 0.25) is 0 Å². The second kappa shape index (κ2) is 34.3. The summed E-state index contributed by atoms with van der Waals surface area (Å²) in [5.41, 5.74) is 0. The molecule has 56 heavy (non-hydrogen) atoms. The van der Waals surface area contributed by atoms with E-state index in [4.69, 9.17) is 18.9 Å². The summed E-state index contributed by atoms with van der Waals surface area (Å²) in [6.07, 6.45) is 25.4. The lowest BCUT2D eigenvalue weighted by molar-refractivity contribution is -0.297. The van der Waals surface area contributed by atoms with Crippen molar-refractivity contribution in [2.24, 2.45) is 0 Å². The Morgan fingerprint density at radius 2 is 1.02 bits per heavy atom. The lowest BCUT2D eigenvalue weighted by atomic mass is 10.00. The van der Waals surface area contributed by atoms with E-state index in [0.29, 0.717) is 12.8 Å². The summed E-state index contributed by atoms with van der Waals surface area (Å²) in [6.45, 7) is 3.73. The SMILES string of the molecule is CCCCC/C=C/CCCCCCCC(=O)OC[C@H](CO[C@H]1O[C@H](CS(=O)(=O)O)[C@@H](O)C(O)C1O)OC(=O)CCCCCCCCCCCCCCCCCC. The number of rotatable bonds is 37. The molecular weight excluding hydrogens is 741 g/mol. The maximum absolute atomic E-state index is 12.8. The number of allylic oxidation sites excluding steroid dienone is 2. The highest BCUT2D eigenvalue weighted by molar-refractivity contribution is 7.85. The highest BCUT2D eigenvalue weighted by Gasteiger charge is 2.46. The monoisotopic (exact) mass is 821 g/mol. The summed E-state index contributed by atoms with van der Waals surface area (Å²) in [4.78, 5) is 25.3. The van der Waals surface area contributed by atoms with Crippen LogP contribution in [0, 0.1) is 0 Å².